The number of hydrogen-bond acceptors (Lipinski definition) is 7. The average molecular weight is 518 g/mol. The molecule has 0 spiro atoms. The number of likely N-dealkylation sites (N-methyl/N-ethyl adjacent to an activating group) is 1. The van der Waals surface area contributed by atoms with E-state index in [4.69, 9.17) is 4.74 Å². The van der Waals surface area contributed by atoms with Crippen molar-refractivity contribution in [1.82, 2.24) is 29.5 Å². The van der Waals surface area contributed by atoms with Gasteiger partial charge < -0.3 is 20.3 Å². The Labute approximate surface area is 221 Å². The summed E-state index contributed by atoms with van der Waals surface area (Å²) >= 11 is 0. The van der Waals surface area contributed by atoms with E-state index in [0.29, 0.717) is 30.1 Å². The van der Waals surface area contributed by atoms with Crippen molar-refractivity contribution in [3.63, 3.8) is 0 Å². The monoisotopic (exact) mass is 517 g/mol. The fourth-order valence-electron chi connectivity index (χ4n) is 4.73. The van der Waals surface area contributed by atoms with E-state index >= 15 is 0 Å². The van der Waals surface area contributed by atoms with E-state index < -0.39 is 5.82 Å². The lowest BCUT2D eigenvalue weighted by Crippen LogP contribution is -2.49. The molecule has 10 heteroatoms. The van der Waals surface area contributed by atoms with Gasteiger partial charge in [0.05, 0.1) is 25.5 Å². The zero-order valence-corrected chi connectivity index (χ0v) is 21.9. The summed E-state index contributed by atoms with van der Waals surface area (Å²) in [7, 11) is 3.42. The number of ether oxygens (including phenoxy) is 1. The minimum absolute atomic E-state index is 0.167. The number of fused-ring (bicyclic) bond motifs is 1. The molecule has 1 saturated heterocycles. The van der Waals surface area contributed by atoms with Crippen LogP contribution in [-0.4, -0.2) is 77.0 Å². The first-order valence-electron chi connectivity index (χ1n) is 12.6. The van der Waals surface area contributed by atoms with Gasteiger partial charge in [0.25, 0.3) is 0 Å². The first-order chi connectivity index (χ1) is 18.4. The first-order valence-corrected chi connectivity index (χ1v) is 12.6. The number of aromatic nitrogens is 3. The van der Waals surface area contributed by atoms with Gasteiger partial charge in [-0.25, -0.2) is 14.4 Å². The van der Waals surface area contributed by atoms with Gasteiger partial charge in [-0.05, 0) is 55.4 Å². The van der Waals surface area contributed by atoms with Crippen LogP contribution in [0.1, 0.15) is 11.1 Å². The van der Waals surface area contributed by atoms with Crippen LogP contribution < -0.4 is 15.4 Å². The van der Waals surface area contributed by atoms with Crippen molar-refractivity contribution in [1.29, 1.82) is 0 Å². The Morgan fingerprint density at radius 2 is 2.00 bits per heavy atom. The van der Waals surface area contributed by atoms with Crippen molar-refractivity contribution in [2.75, 3.05) is 52.2 Å². The van der Waals surface area contributed by atoms with Crippen LogP contribution in [0.15, 0.2) is 55.0 Å². The molecular formula is C28H32FN7O2. The number of imidazole rings is 1. The third kappa shape index (κ3) is 5.46. The zero-order chi connectivity index (χ0) is 26.6. The summed E-state index contributed by atoms with van der Waals surface area (Å²) in [6, 6.07) is 11.0. The highest BCUT2D eigenvalue weighted by molar-refractivity contribution is 5.78. The smallest absolute Gasteiger partial charge is 0.236 e. The zero-order valence-electron chi connectivity index (χ0n) is 21.9. The average Bonchev–Trinajstić information content (AvgIpc) is 3.36. The largest absolute Gasteiger partial charge is 0.494 e. The fraction of sp³-hybridized carbons (Fsp3) is 0.321. The van der Waals surface area contributed by atoms with Gasteiger partial charge in [0, 0.05) is 56.4 Å². The summed E-state index contributed by atoms with van der Waals surface area (Å²) in [5.74, 6) is 0.531. The fourth-order valence-corrected chi connectivity index (χ4v) is 4.73. The number of amides is 1. The molecule has 1 amide bonds. The molecule has 0 unspecified atom stereocenters. The number of carbonyl (C=O) groups excluding carboxylic acids is 1. The summed E-state index contributed by atoms with van der Waals surface area (Å²) in [5, 5.41) is 6.65. The Bertz CT molecular complexity index is 1450. The van der Waals surface area contributed by atoms with Crippen LogP contribution in [0.5, 0.6) is 5.75 Å². The SMILES string of the molecule is COc1ccc(-c2cnc3c(Nc4ccc(CN(C)CC(=O)N5CCNCC5)c(C)c4)nccn23)cc1F. The maximum atomic E-state index is 14.3. The van der Waals surface area contributed by atoms with Gasteiger partial charge in [0.1, 0.15) is 0 Å². The molecule has 1 aliphatic rings. The van der Waals surface area contributed by atoms with Gasteiger partial charge >= 0.3 is 0 Å². The lowest BCUT2D eigenvalue weighted by molar-refractivity contribution is -0.132. The molecule has 1 aliphatic heterocycles. The van der Waals surface area contributed by atoms with Crippen molar-refractivity contribution >= 4 is 23.1 Å². The highest BCUT2D eigenvalue weighted by Gasteiger charge is 2.18. The number of rotatable bonds is 8. The molecule has 5 rings (SSSR count). The number of hydrogen-bond donors (Lipinski definition) is 2. The Morgan fingerprint density at radius 3 is 2.74 bits per heavy atom. The van der Waals surface area contributed by atoms with E-state index in [-0.39, 0.29) is 11.7 Å². The Balaban J connectivity index is 1.29. The first kappa shape index (κ1) is 25.6. The molecule has 2 aromatic heterocycles. The summed E-state index contributed by atoms with van der Waals surface area (Å²) < 4.78 is 21.2. The van der Waals surface area contributed by atoms with E-state index in [1.54, 1.807) is 30.7 Å². The molecule has 2 aromatic carbocycles. The van der Waals surface area contributed by atoms with E-state index in [1.165, 1.54) is 13.2 Å². The van der Waals surface area contributed by atoms with Crippen molar-refractivity contribution in [3.05, 3.63) is 71.9 Å². The molecule has 0 atom stereocenters. The molecule has 0 bridgehead atoms. The van der Waals surface area contributed by atoms with Gasteiger partial charge in [-0.1, -0.05) is 6.07 Å². The summed E-state index contributed by atoms with van der Waals surface area (Å²) in [4.78, 5) is 25.6. The van der Waals surface area contributed by atoms with Crippen LogP contribution in [0.4, 0.5) is 15.9 Å². The van der Waals surface area contributed by atoms with Crippen molar-refractivity contribution in [3.8, 4) is 17.0 Å². The number of methoxy groups -OCH3 is 1. The van der Waals surface area contributed by atoms with E-state index in [0.717, 1.165) is 48.7 Å². The Hall–Kier alpha value is -4.02. The molecule has 4 aromatic rings. The second-order valence-electron chi connectivity index (χ2n) is 9.53. The van der Waals surface area contributed by atoms with Crippen molar-refractivity contribution in [2.24, 2.45) is 0 Å². The minimum Gasteiger partial charge on any atom is -0.494 e. The van der Waals surface area contributed by atoms with E-state index in [1.807, 2.05) is 22.4 Å². The molecule has 0 saturated carbocycles. The summed E-state index contributed by atoms with van der Waals surface area (Å²) in [6.45, 7) is 6.37. The van der Waals surface area contributed by atoms with Crippen LogP contribution in [0.2, 0.25) is 0 Å². The van der Waals surface area contributed by atoms with Crippen LogP contribution in [0, 0.1) is 12.7 Å². The number of carbonyl (C=O) groups is 1. The van der Waals surface area contributed by atoms with E-state index in [9.17, 15) is 9.18 Å². The molecular weight excluding hydrogens is 485 g/mol. The summed E-state index contributed by atoms with van der Waals surface area (Å²) in [6.07, 6.45) is 5.19. The van der Waals surface area contributed by atoms with Gasteiger partial charge in [0.2, 0.25) is 5.91 Å². The highest BCUT2D eigenvalue weighted by atomic mass is 19.1. The molecule has 38 heavy (non-hydrogen) atoms. The van der Waals surface area contributed by atoms with E-state index in [2.05, 4.69) is 44.6 Å². The standard InChI is InChI=1S/C28H32FN7O2/c1-19-14-22(6-4-21(19)17-34(2)18-26(37)35-11-8-30-9-12-35)33-27-28-32-16-24(36(28)13-10-31-27)20-5-7-25(38-3)23(29)15-20/h4-7,10,13-16,30H,8-9,11-12,17-18H2,1-3H3,(H,31,33). The predicted molar refractivity (Wildman–Crippen MR) is 145 cm³/mol. The van der Waals surface area contributed by atoms with Crippen molar-refractivity contribution in [2.45, 2.75) is 13.5 Å². The normalized spacial score (nSPS) is 13.8. The lowest BCUT2D eigenvalue weighted by atomic mass is 10.1. The van der Waals surface area contributed by atoms with Gasteiger partial charge in [-0.15, -0.1) is 0 Å². The third-order valence-corrected chi connectivity index (χ3v) is 6.80. The van der Waals surface area contributed by atoms with Gasteiger partial charge in [-0.2, -0.15) is 0 Å². The molecule has 198 valence electrons. The molecule has 3 heterocycles. The lowest BCUT2D eigenvalue weighted by Gasteiger charge is -2.29. The van der Waals surface area contributed by atoms with Gasteiger partial charge in [-0.3, -0.25) is 14.1 Å². The molecule has 0 radical (unpaired) electrons. The second-order valence-corrected chi connectivity index (χ2v) is 9.53. The second kappa shape index (κ2) is 11.2. The molecule has 0 aliphatic carbocycles. The molecule has 9 nitrogen and oxygen atoms in total. The predicted octanol–water partition coefficient (Wildman–Crippen LogP) is 3.46. The Morgan fingerprint density at radius 1 is 1.18 bits per heavy atom. The van der Waals surface area contributed by atoms with Crippen LogP contribution >= 0.6 is 0 Å². The number of halogens is 1. The molecule has 1 fully saturated rings. The summed E-state index contributed by atoms with van der Waals surface area (Å²) in [5.41, 5.74) is 5.21. The topological polar surface area (TPSA) is 87.0 Å². The molecule has 2 N–H and O–H groups in total. The Kier molecular flexibility index (Phi) is 7.52. The third-order valence-electron chi connectivity index (χ3n) is 6.80. The number of benzene rings is 2. The van der Waals surface area contributed by atoms with Crippen LogP contribution in [-0.2, 0) is 11.3 Å². The quantitative estimate of drug-likeness (QED) is 0.370. The number of anilines is 2. The highest BCUT2D eigenvalue weighted by Crippen LogP contribution is 2.29. The number of nitrogens with zero attached hydrogens (tertiary/aromatic N) is 5. The maximum absolute atomic E-state index is 14.3. The number of piperazine rings is 1. The maximum Gasteiger partial charge on any atom is 0.236 e. The number of aryl methyl sites for hydroxylation is 1. The van der Waals surface area contributed by atoms with Crippen LogP contribution in [0.3, 0.4) is 0 Å². The number of nitrogens with one attached hydrogen (secondary N) is 2. The minimum atomic E-state index is -0.429. The van der Waals surface area contributed by atoms with Crippen molar-refractivity contribution < 1.29 is 13.9 Å². The van der Waals surface area contributed by atoms with Gasteiger partial charge in [0.15, 0.2) is 23.0 Å². The van der Waals surface area contributed by atoms with Crippen LogP contribution in [0.25, 0.3) is 16.9 Å².